The first-order valence-corrected chi connectivity index (χ1v) is 5.09. The van der Waals surface area contributed by atoms with E-state index in [2.05, 4.69) is 15.0 Å². The van der Waals surface area contributed by atoms with Crippen molar-refractivity contribution in [1.29, 1.82) is 0 Å². The normalized spacial score (nSPS) is 10.2. The highest BCUT2D eigenvalue weighted by Crippen LogP contribution is 2.05. The third kappa shape index (κ3) is 2.47. The fourth-order valence-corrected chi connectivity index (χ4v) is 1.45. The van der Waals surface area contributed by atoms with Crippen LogP contribution >= 0.6 is 0 Å². The molecule has 0 aliphatic rings. The molecular weight excluding hydrogens is 220 g/mol. The van der Waals surface area contributed by atoms with Gasteiger partial charge in [0.2, 0.25) is 0 Å². The summed E-state index contributed by atoms with van der Waals surface area (Å²) in [6.45, 7) is 1.99. The third-order valence-electron chi connectivity index (χ3n) is 2.20. The Balaban J connectivity index is 2.42. The number of hydrogen-bond acceptors (Lipinski definition) is 5. The zero-order valence-electron chi connectivity index (χ0n) is 9.62. The van der Waals surface area contributed by atoms with Crippen molar-refractivity contribution in [3.05, 3.63) is 46.4 Å². The van der Waals surface area contributed by atoms with Gasteiger partial charge >= 0.3 is 0 Å². The smallest absolute Gasteiger partial charge is 0.299 e. The molecule has 0 atom stereocenters. The number of methoxy groups -OCH3 is 1. The van der Waals surface area contributed by atoms with Gasteiger partial charge in [-0.05, 0) is 13.0 Å². The van der Waals surface area contributed by atoms with Gasteiger partial charge in [0.05, 0.1) is 13.7 Å². The average Bonchev–Trinajstić information content (AvgIpc) is 2.33. The molecule has 0 N–H and O–H groups in total. The molecule has 0 unspecified atom stereocenters. The van der Waals surface area contributed by atoms with Crippen molar-refractivity contribution >= 4 is 0 Å². The molecule has 0 radical (unpaired) electrons. The van der Waals surface area contributed by atoms with Gasteiger partial charge in [-0.25, -0.2) is 15.0 Å². The minimum absolute atomic E-state index is 0.179. The first-order chi connectivity index (χ1) is 8.20. The summed E-state index contributed by atoms with van der Waals surface area (Å²) >= 11 is 0. The molecule has 0 saturated heterocycles. The Kier molecular flexibility index (Phi) is 3.13. The molecule has 6 nitrogen and oxygen atoms in total. The molecule has 0 aliphatic heterocycles. The van der Waals surface area contributed by atoms with Crippen molar-refractivity contribution in [2.75, 3.05) is 7.11 Å². The van der Waals surface area contributed by atoms with Gasteiger partial charge in [0.15, 0.2) is 0 Å². The van der Waals surface area contributed by atoms with Crippen LogP contribution in [0.3, 0.4) is 0 Å². The quantitative estimate of drug-likeness (QED) is 0.766. The van der Waals surface area contributed by atoms with E-state index >= 15 is 0 Å². The van der Waals surface area contributed by atoms with Crippen LogP contribution in [0.15, 0.2) is 29.3 Å². The summed E-state index contributed by atoms with van der Waals surface area (Å²) in [7, 11) is 1.48. The summed E-state index contributed by atoms with van der Waals surface area (Å²) in [6, 6.07) is 3.44. The highest BCUT2D eigenvalue weighted by atomic mass is 16.5. The van der Waals surface area contributed by atoms with E-state index < -0.39 is 0 Å². The van der Waals surface area contributed by atoms with Crippen LogP contribution in [0.5, 0.6) is 6.01 Å². The van der Waals surface area contributed by atoms with Gasteiger partial charge in [-0.15, -0.1) is 0 Å². The van der Waals surface area contributed by atoms with E-state index in [1.807, 2.05) is 0 Å². The summed E-state index contributed by atoms with van der Waals surface area (Å²) in [5.41, 5.74) is 0.443. The molecule has 0 spiro atoms. The van der Waals surface area contributed by atoms with Crippen LogP contribution in [0.25, 0.3) is 0 Å². The molecule has 0 saturated carbocycles. The minimum atomic E-state index is -0.179. The maximum absolute atomic E-state index is 11.8. The Labute approximate surface area is 97.9 Å². The predicted octanol–water partition coefficient (Wildman–Crippen LogP) is 0.399. The minimum Gasteiger partial charge on any atom is -0.468 e. The van der Waals surface area contributed by atoms with Gasteiger partial charge in [0.1, 0.15) is 5.82 Å². The molecule has 2 aromatic heterocycles. The third-order valence-corrected chi connectivity index (χ3v) is 2.20. The zero-order chi connectivity index (χ0) is 12.3. The molecule has 0 amide bonds. The van der Waals surface area contributed by atoms with E-state index in [4.69, 9.17) is 4.74 Å². The molecule has 0 fully saturated rings. The zero-order valence-corrected chi connectivity index (χ0v) is 9.62. The predicted molar refractivity (Wildman–Crippen MR) is 60.9 cm³/mol. The lowest BCUT2D eigenvalue weighted by Gasteiger charge is -2.09. The van der Waals surface area contributed by atoms with Crippen molar-refractivity contribution < 1.29 is 4.74 Å². The van der Waals surface area contributed by atoms with Gasteiger partial charge in [-0.2, -0.15) is 0 Å². The van der Waals surface area contributed by atoms with Gasteiger partial charge in [-0.1, -0.05) is 0 Å². The van der Waals surface area contributed by atoms with E-state index in [0.717, 1.165) is 0 Å². The number of rotatable bonds is 3. The number of aromatic nitrogens is 4. The van der Waals surface area contributed by atoms with E-state index in [1.165, 1.54) is 17.7 Å². The molecule has 6 heteroatoms. The van der Waals surface area contributed by atoms with Crippen molar-refractivity contribution in [2.45, 2.75) is 13.5 Å². The van der Waals surface area contributed by atoms with Crippen LogP contribution in [0.4, 0.5) is 0 Å². The summed E-state index contributed by atoms with van der Waals surface area (Å²) in [4.78, 5) is 24.1. The van der Waals surface area contributed by atoms with Crippen LogP contribution < -0.4 is 10.3 Å². The van der Waals surface area contributed by atoms with Gasteiger partial charge in [-0.3, -0.25) is 9.36 Å². The second-order valence-corrected chi connectivity index (χ2v) is 3.47. The SMILES string of the molecule is COc1nc(C)cc(=O)n1Cc1ncccn1. The Hall–Kier alpha value is -2.24. The number of ether oxygens (including phenoxy) is 1. The summed E-state index contributed by atoms with van der Waals surface area (Å²) in [6.07, 6.45) is 3.25. The van der Waals surface area contributed by atoms with E-state index in [-0.39, 0.29) is 18.1 Å². The summed E-state index contributed by atoms with van der Waals surface area (Å²) in [5.74, 6) is 0.540. The standard InChI is InChI=1S/C11H12N4O2/c1-8-6-10(16)15(11(14-8)17-2)7-9-12-4-3-5-13-9/h3-6H,7H2,1-2H3. The Morgan fingerprint density at radius 1 is 1.35 bits per heavy atom. The van der Waals surface area contributed by atoms with E-state index in [0.29, 0.717) is 11.5 Å². The van der Waals surface area contributed by atoms with Crippen molar-refractivity contribution in [2.24, 2.45) is 0 Å². The van der Waals surface area contributed by atoms with Crippen molar-refractivity contribution in [3.63, 3.8) is 0 Å². The van der Waals surface area contributed by atoms with E-state index in [9.17, 15) is 4.79 Å². The lowest BCUT2D eigenvalue weighted by Crippen LogP contribution is -2.24. The highest BCUT2D eigenvalue weighted by molar-refractivity contribution is 5.08. The summed E-state index contributed by atoms with van der Waals surface area (Å²) < 4.78 is 6.47. The number of nitrogens with zero attached hydrogens (tertiary/aromatic N) is 4. The Bertz CT molecular complexity index is 565. The van der Waals surface area contributed by atoms with Crippen molar-refractivity contribution in [3.8, 4) is 6.01 Å². The second-order valence-electron chi connectivity index (χ2n) is 3.47. The lowest BCUT2D eigenvalue weighted by molar-refractivity contribution is 0.348. The highest BCUT2D eigenvalue weighted by Gasteiger charge is 2.08. The second kappa shape index (κ2) is 4.73. The maximum Gasteiger partial charge on any atom is 0.299 e. The largest absolute Gasteiger partial charge is 0.468 e. The fraction of sp³-hybridized carbons (Fsp3) is 0.273. The average molecular weight is 232 g/mol. The molecule has 0 aliphatic carbocycles. The first kappa shape index (κ1) is 11.3. The Morgan fingerprint density at radius 3 is 2.71 bits per heavy atom. The van der Waals surface area contributed by atoms with Crippen LogP contribution in [-0.2, 0) is 6.54 Å². The topological polar surface area (TPSA) is 69.9 Å². The number of hydrogen-bond donors (Lipinski definition) is 0. The van der Waals surface area contributed by atoms with Crippen LogP contribution in [0.2, 0.25) is 0 Å². The molecular formula is C11H12N4O2. The molecule has 2 heterocycles. The monoisotopic (exact) mass is 232 g/mol. The summed E-state index contributed by atoms with van der Waals surface area (Å²) in [5, 5.41) is 0. The van der Waals surface area contributed by atoms with Crippen LogP contribution in [-0.4, -0.2) is 26.6 Å². The molecule has 0 bridgehead atoms. The molecule has 17 heavy (non-hydrogen) atoms. The number of aryl methyl sites for hydroxylation is 1. The van der Waals surface area contributed by atoms with Crippen LogP contribution in [0, 0.1) is 6.92 Å². The maximum atomic E-state index is 11.8. The first-order valence-electron chi connectivity index (χ1n) is 5.09. The van der Waals surface area contributed by atoms with Gasteiger partial charge in [0, 0.05) is 24.2 Å². The van der Waals surface area contributed by atoms with Crippen molar-refractivity contribution in [1.82, 2.24) is 19.5 Å². The van der Waals surface area contributed by atoms with E-state index in [1.54, 1.807) is 25.4 Å². The van der Waals surface area contributed by atoms with Gasteiger partial charge < -0.3 is 4.74 Å². The van der Waals surface area contributed by atoms with Crippen LogP contribution in [0.1, 0.15) is 11.5 Å². The lowest BCUT2D eigenvalue weighted by atomic mass is 10.4. The molecule has 88 valence electrons. The van der Waals surface area contributed by atoms with Gasteiger partial charge in [0.25, 0.3) is 11.6 Å². The fourth-order valence-electron chi connectivity index (χ4n) is 1.45. The molecule has 2 rings (SSSR count). The molecule has 2 aromatic rings. The molecule has 0 aromatic carbocycles. The Morgan fingerprint density at radius 2 is 2.06 bits per heavy atom.